The lowest BCUT2D eigenvalue weighted by molar-refractivity contribution is -0.123. The van der Waals surface area contributed by atoms with Crippen LogP contribution in [0.3, 0.4) is 0 Å². The number of fused-ring (bicyclic) bond motifs is 1. The summed E-state index contributed by atoms with van der Waals surface area (Å²) in [6.07, 6.45) is 9.68. The molecule has 1 unspecified atom stereocenters. The number of carbonyl (C=O) groups excluding carboxylic acids is 1. The molecule has 1 aliphatic carbocycles. The van der Waals surface area contributed by atoms with Crippen LogP contribution in [-0.2, 0) is 4.79 Å². The third-order valence-corrected chi connectivity index (χ3v) is 6.06. The first-order valence-electron chi connectivity index (χ1n) is 11.5. The highest BCUT2D eigenvalue weighted by Gasteiger charge is 2.23. The Morgan fingerprint density at radius 1 is 1.37 bits per heavy atom. The minimum atomic E-state index is -0.0794. The van der Waals surface area contributed by atoms with E-state index in [1.54, 1.807) is 29.8 Å². The smallest absolute Gasteiger partial charge is 0.250 e. The maximum absolute atomic E-state index is 12.7. The second-order valence-corrected chi connectivity index (χ2v) is 8.67. The predicted molar refractivity (Wildman–Crippen MR) is 138 cm³/mol. The summed E-state index contributed by atoms with van der Waals surface area (Å²) in [4.78, 5) is 23.1. The molecule has 0 spiro atoms. The molecule has 0 radical (unpaired) electrons. The number of likely N-dealkylation sites (N-methyl/N-ethyl adjacent to an activating group) is 2. The standard InChI is InChI=1S/C26H31N7O2/c1-16-11-19(32(4)22(34)7-6-10-28-3)14-20(12-16)33-26-23(25(27)29-15-30-26)24(31-33)18-9-8-17(2)21(13-18)35-5/h6-9,12-16,28H,10-11H2,1-5H3,(H2,27,29,30). The fourth-order valence-corrected chi connectivity index (χ4v) is 4.18. The number of nitrogens with one attached hydrogen (secondary N) is 1. The number of benzene rings is 1. The lowest BCUT2D eigenvalue weighted by atomic mass is 9.97. The summed E-state index contributed by atoms with van der Waals surface area (Å²) in [6, 6.07) is 5.91. The Hall–Kier alpha value is -3.98. The fourth-order valence-electron chi connectivity index (χ4n) is 4.18. The number of amides is 1. The molecule has 2 heterocycles. The molecule has 35 heavy (non-hydrogen) atoms. The monoisotopic (exact) mass is 473 g/mol. The number of anilines is 1. The molecule has 0 saturated heterocycles. The van der Waals surface area contributed by atoms with Gasteiger partial charge in [-0.25, -0.2) is 14.6 Å². The molecule has 3 N–H and O–H groups in total. The van der Waals surface area contributed by atoms with E-state index in [2.05, 4.69) is 28.3 Å². The molecule has 9 nitrogen and oxygen atoms in total. The van der Waals surface area contributed by atoms with E-state index in [1.165, 1.54) is 6.33 Å². The van der Waals surface area contributed by atoms with Crippen molar-refractivity contribution in [1.82, 2.24) is 30.0 Å². The maximum atomic E-state index is 12.7. The normalized spacial score (nSPS) is 15.9. The molecule has 1 aliphatic rings. The van der Waals surface area contributed by atoms with Crippen LogP contribution in [0.4, 0.5) is 5.82 Å². The lowest BCUT2D eigenvalue weighted by Crippen LogP contribution is -2.27. The van der Waals surface area contributed by atoms with Crippen molar-refractivity contribution in [3.05, 3.63) is 60.1 Å². The number of carbonyl (C=O) groups is 1. The molecule has 0 aliphatic heterocycles. The van der Waals surface area contributed by atoms with Crippen molar-refractivity contribution in [1.29, 1.82) is 0 Å². The molecule has 1 amide bonds. The number of rotatable bonds is 7. The van der Waals surface area contributed by atoms with Gasteiger partial charge in [-0.2, -0.15) is 5.10 Å². The van der Waals surface area contributed by atoms with E-state index in [0.717, 1.165) is 34.7 Å². The van der Waals surface area contributed by atoms with Crippen LogP contribution in [0.5, 0.6) is 5.75 Å². The van der Waals surface area contributed by atoms with Crippen molar-refractivity contribution in [2.24, 2.45) is 5.92 Å². The van der Waals surface area contributed by atoms with E-state index in [-0.39, 0.29) is 11.8 Å². The van der Waals surface area contributed by atoms with E-state index in [0.29, 0.717) is 29.1 Å². The van der Waals surface area contributed by atoms with Crippen LogP contribution in [0.25, 0.3) is 28.0 Å². The molecule has 182 valence electrons. The third-order valence-electron chi connectivity index (χ3n) is 6.06. The Morgan fingerprint density at radius 2 is 2.17 bits per heavy atom. The predicted octanol–water partition coefficient (Wildman–Crippen LogP) is 3.39. The number of ether oxygens (including phenoxy) is 1. The second kappa shape index (κ2) is 10.1. The summed E-state index contributed by atoms with van der Waals surface area (Å²) < 4.78 is 7.30. The number of methoxy groups -OCH3 is 1. The highest BCUT2D eigenvalue weighted by Crippen LogP contribution is 2.36. The summed E-state index contributed by atoms with van der Waals surface area (Å²) in [5, 5.41) is 8.60. The molecular formula is C26H31N7O2. The molecule has 0 fully saturated rings. The molecule has 1 aromatic carbocycles. The van der Waals surface area contributed by atoms with Gasteiger partial charge in [-0.1, -0.05) is 31.2 Å². The van der Waals surface area contributed by atoms with Crippen LogP contribution in [0.1, 0.15) is 18.9 Å². The van der Waals surface area contributed by atoms with Gasteiger partial charge in [-0.05, 0) is 44.0 Å². The SMILES string of the molecule is CNCC=CC(=O)N(C)C1=CC(n2nc(-c3ccc(C)c(OC)c3)c3c(N)ncnc32)=CC(C)C1. The minimum absolute atomic E-state index is 0.0794. The summed E-state index contributed by atoms with van der Waals surface area (Å²) >= 11 is 0. The number of nitrogens with two attached hydrogens (primary N) is 1. The van der Waals surface area contributed by atoms with Crippen LogP contribution >= 0.6 is 0 Å². The largest absolute Gasteiger partial charge is 0.496 e. The van der Waals surface area contributed by atoms with E-state index in [4.69, 9.17) is 15.6 Å². The Morgan fingerprint density at radius 3 is 2.91 bits per heavy atom. The van der Waals surface area contributed by atoms with Crippen LogP contribution in [0.15, 0.2) is 54.5 Å². The molecular weight excluding hydrogens is 442 g/mol. The maximum Gasteiger partial charge on any atom is 0.250 e. The molecule has 0 saturated carbocycles. The highest BCUT2D eigenvalue weighted by molar-refractivity contribution is 6.00. The number of nitrogen functional groups attached to an aromatic ring is 1. The zero-order valence-electron chi connectivity index (χ0n) is 20.7. The Labute approximate surface area is 205 Å². The second-order valence-electron chi connectivity index (χ2n) is 8.67. The van der Waals surface area contributed by atoms with Gasteiger partial charge in [-0.3, -0.25) is 4.79 Å². The van der Waals surface area contributed by atoms with Gasteiger partial charge in [0.05, 0.1) is 18.2 Å². The van der Waals surface area contributed by atoms with E-state index in [1.807, 2.05) is 44.3 Å². The lowest BCUT2D eigenvalue weighted by Gasteiger charge is -2.25. The third kappa shape index (κ3) is 4.81. The van der Waals surface area contributed by atoms with Crippen LogP contribution in [0.2, 0.25) is 0 Å². The first-order chi connectivity index (χ1) is 16.8. The van der Waals surface area contributed by atoms with Crippen molar-refractivity contribution in [3.63, 3.8) is 0 Å². The van der Waals surface area contributed by atoms with E-state index >= 15 is 0 Å². The van der Waals surface area contributed by atoms with Gasteiger partial charge in [0, 0.05) is 30.9 Å². The molecule has 1 atom stereocenters. The molecule has 2 aromatic heterocycles. The molecule has 0 bridgehead atoms. The Kier molecular flexibility index (Phi) is 6.97. The number of nitrogens with zero attached hydrogens (tertiary/aromatic N) is 5. The summed E-state index contributed by atoms with van der Waals surface area (Å²) in [5.74, 6) is 1.23. The Balaban J connectivity index is 1.81. The van der Waals surface area contributed by atoms with Crippen LogP contribution < -0.4 is 15.8 Å². The van der Waals surface area contributed by atoms with E-state index < -0.39 is 0 Å². The molecule has 3 aromatic rings. The van der Waals surface area contributed by atoms with Gasteiger partial charge in [0.2, 0.25) is 5.91 Å². The van der Waals surface area contributed by atoms with E-state index in [9.17, 15) is 4.79 Å². The highest BCUT2D eigenvalue weighted by atomic mass is 16.5. The van der Waals surface area contributed by atoms with Crippen molar-refractivity contribution >= 4 is 28.5 Å². The van der Waals surface area contributed by atoms with Gasteiger partial charge in [-0.15, -0.1) is 0 Å². The zero-order chi connectivity index (χ0) is 25.1. The number of hydrogen-bond donors (Lipinski definition) is 2. The first kappa shape index (κ1) is 24.2. The summed E-state index contributed by atoms with van der Waals surface area (Å²) in [7, 11) is 5.28. The number of hydrogen-bond acceptors (Lipinski definition) is 7. The van der Waals surface area contributed by atoms with Gasteiger partial charge in [0.1, 0.15) is 23.6 Å². The number of allylic oxidation sites excluding steroid dienone is 4. The van der Waals surface area contributed by atoms with Gasteiger partial charge in [0.15, 0.2) is 5.65 Å². The van der Waals surface area contributed by atoms with Crippen molar-refractivity contribution in [2.75, 3.05) is 33.5 Å². The van der Waals surface area contributed by atoms with Gasteiger partial charge < -0.3 is 20.7 Å². The fraction of sp³-hybridized carbons (Fsp3) is 0.308. The van der Waals surface area contributed by atoms with Crippen LogP contribution in [-0.4, -0.2) is 58.3 Å². The average molecular weight is 474 g/mol. The van der Waals surface area contributed by atoms with Gasteiger partial charge >= 0.3 is 0 Å². The number of aryl methyl sites for hydroxylation is 1. The quantitative estimate of drug-likeness (QED) is 0.506. The first-order valence-corrected chi connectivity index (χ1v) is 11.5. The van der Waals surface area contributed by atoms with Crippen molar-refractivity contribution in [2.45, 2.75) is 20.3 Å². The average Bonchev–Trinajstić information content (AvgIpc) is 3.24. The van der Waals surface area contributed by atoms with Gasteiger partial charge in [0.25, 0.3) is 0 Å². The molecule has 9 heteroatoms. The number of aromatic nitrogens is 4. The zero-order valence-corrected chi connectivity index (χ0v) is 20.7. The minimum Gasteiger partial charge on any atom is -0.496 e. The van der Waals surface area contributed by atoms with Crippen LogP contribution in [0, 0.1) is 12.8 Å². The molecule has 4 rings (SSSR count). The summed E-state index contributed by atoms with van der Waals surface area (Å²) in [6.45, 7) is 4.74. The topological polar surface area (TPSA) is 111 Å². The summed E-state index contributed by atoms with van der Waals surface area (Å²) in [5.41, 5.74) is 11.2. The van der Waals surface area contributed by atoms with Crippen molar-refractivity contribution < 1.29 is 9.53 Å². The Bertz CT molecular complexity index is 1350. The van der Waals surface area contributed by atoms with Crippen molar-refractivity contribution in [3.8, 4) is 17.0 Å².